The van der Waals surface area contributed by atoms with Crippen molar-refractivity contribution in [1.82, 2.24) is 29.6 Å². The van der Waals surface area contributed by atoms with Crippen molar-refractivity contribution in [1.29, 1.82) is 0 Å². The van der Waals surface area contributed by atoms with Crippen LogP contribution in [0.1, 0.15) is 21.9 Å². The molecule has 1 aliphatic rings. The number of pyridine rings is 2. The van der Waals surface area contributed by atoms with E-state index in [0.717, 1.165) is 5.69 Å². The van der Waals surface area contributed by atoms with Gasteiger partial charge in [-0.15, -0.1) is 0 Å². The lowest BCUT2D eigenvalue weighted by Crippen LogP contribution is -2.47. The van der Waals surface area contributed by atoms with Gasteiger partial charge in [0.05, 0.1) is 24.5 Å². The first-order chi connectivity index (χ1) is 17.8. The summed E-state index contributed by atoms with van der Waals surface area (Å²) in [6, 6.07) is 10.5. The molecule has 0 spiro atoms. The molecule has 0 radical (unpaired) electrons. The molecule has 3 rings (SSSR count). The van der Waals surface area contributed by atoms with Crippen LogP contribution in [0.25, 0.3) is 0 Å². The van der Waals surface area contributed by atoms with Crippen LogP contribution in [-0.2, 0) is 22.7 Å². The number of hydrogen-bond acceptors (Lipinski definition) is 9. The van der Waals surface area contributed by atoms with Crippen molar-refractivity contribution < 1.29 is 29.7 Å². The lowest BCUT2D eigenvalue weighted by Gasteiger charge is -2.33. The molecule has 2 aromatic heterocycles. The number of carbonyl (C=O) groups is 3. The predicted octanol–water partition coefficient (Wildman–Crippen LogP) is 0.266. The van der Waals surface area contributed by atoms with Crippen LogP contribution >= 0.6 is 0 Å². The zero-order chi connectivity index (χ0) is 26.6. The highest BCUT2D eigenvalue weighted by molar-refractivity contribution is 5.85. The molecular formula is C25H34N6O6. The molecule has 1 fully saturated rings. The highest BCUT2D eigenvalue weighted by Gasteiger charge is 2.20. The lowest BCUT2D eigenvalue weighted by molar-refractivity contribution is -0.139. The summed E-state index contributed by atoms with van der Waals surface area (Å²) in [4.78, 5) is 51.0. The van der Waals surface area contributed by atoms with Gasteiger partial charge in [0, 0.05) is 71.6 Å². The number of nitrogens with zero attached hydrogens (tertiary/aromatic N) is 6. The number of rotatable bonds is 9. The maximum atomic E-state index is 11.5. The minimum absolute atomic E-state index is 0.0418. The fourth-order valence-electron chi connectivity index (χ4n) is 4.23. The van der Waals surface area contributed by atoms with E-state index >= 15 is 0 Å². The third-order valence-corrected chi connectivity index (χ3v) is 6.17. The molecule has 0 aromatic carbocycles. The van der Waals surface area contributed by atoms with Gasteiger partial charge in [-0.05, 0) is 24.3 Å². The summed E-state index contributed by atoms with van der Waals surface area (Å²) in [5.41, 5.74) is 1.44. The van der Waals surface area contributed by atoms with Gasteiger partial charge in [-0.3, -0.25) is 34.2 Å². The minimum Gasteiger partial charge on any atom is -0.480 e. The molecule has 3 heterocycles. The third-order valence-electron chi connectivity index (χ3n) is 6.17. The summed E-state index contributed by atoms with van der Waals surface area (Å²) in [5, 5.41) is 28.2. The highest BCUT2D eigenvalue weighted by atomic mass is 16.4. The number of aliphatic carboxylic acids is 2. The quantitative estimate of drug-likeness (QED) is 0.421. The topological polar surface area (TPSA) is 151 Å². The number of aromatic carboxylic acids is 1. The van der Waals surface area contributed by atoms with E-state index in [0.29, 0.717) is 71.1 Å². The average Bonchev–Trinajstić information content (AvgIpc) is 2.85. The number of carboxylic acid groups (broad SMARTS) is 3. The fourth-order valence-corrected chi connectivity index (χ4v) is 4.23. The summed E-state index contributed by atoms with van der Waals surface area (Å²) < 4.78 is 0. The van der Waals surface area contributed by atoms with E-state index in [4.69, 9.17) is 0 Å². The molecule has 1 saturated heterocycles. The maximum absolute atomic E-state index is 11.5. The van der Waals surface area contributed by atoms with Crippen LogP contribution in [0, 0.1) is 0 Å². The second-order valence-corrected chi connectivity index (χ2v) is 9.03. The number of aromatic nitrogens is 2. The Morgan fingerprint density at radius 1 is 0.649 bits per heavy atom. The maximum Gasteiger partial charge on any atom is 0.354 e. The number of carboxylic acids is 3. The minimum atomic E-state index is -1.11. The van der Waals surface area contributed by atoms with Crippen molar-refractivity contribution in [3.63, 3.8) is 0 Å². The molecule has 3 N–H and O–H groups in total. The van der Waals surface area contributed by atoms with Crippen molar-refractivity contribution in [2.75, 3.05) is 65.4 Å². The van der Waals surface area contributed by atoms with Gasteiger partial charge in [0.1, 0.15) is 5.69 Å². The summed E-state index contributed by atoms with van der Waals surface area (Å²) in [7, 11) is 0. The second kappa shape index (κ2) is 14.3. The molecule has 12 nitrogen and oxygen atoms in total. The van der Waals surface area contributed by atoms with Crippen LogP contribution in [0.3, 0.4) is 0 Å². The Morgan fingerprint density at radius 3 is 1.59 bits per heavy atom. The van der Waals surface area contributed by atoms with Crippen molar-refractivity contribution in [2.45, 2.75) is 13.1 Å². The van der Waals surface area contributed by atoms with Gasteiger partial charge in [-0.1, -0.05) is 12.1 Å². The van der Waals surface area contributed by atoms with Crippen LogP contribution in [0.4, 0.5) is 0 Å². The van der Waals surface area contributed by atoms with Crippen molar-refractivity contribution in [2.24, 2.45) is 0 Å². The van der Waals surface area contributed by atoms with Crippen molar-refractivity contribution in [3.05, 3.63) is 59.7 Å². The molecule has 200 valence electrons. The van der Waals surface area contributed by atoms with Crippen molar-refractivity contribution >= 4 is 17.9 Å². The van der Waals surface area contributed by atoms with Crippen LogP contribution in [0.2, 0.25) is 0 Å². The molecule has 0 saturated carbocycles. The molecule has 0 atom stereocenters. The van der Waals surface area contributed by atoms with Crippen LogP contribution in [0.15, 0.2) is 42.6 Å². The van der Waals surface area contributed by atoms with E-state index in [1.165, 1.54) is 6.07 Å². The smallest absolute Gasteiger partial charge is 0.354 e. The molecule has 0 aliphatic carbocycles. The molecule has 37 heavy (non-hydrogen) atoms. The van der Waals surface area contributed by atoms with E-state index in [1.54, 1.807) is 18.3 Å². The largest absolute Gasteiger partial charge is 0.480 e. The summed E-state index contributed by atoms with van der Waals surface area (Å²) in [6.45, 7) is 5.04. The second-order valence-electron chi connectivity index (χ2n) is 9.03. The van der Waals surface area contributed by atoms with E-state index in [-0.39, 0.29) is 18.8 Å². The first-order valence-corrected chi connectivity index (χ1v) is 12.2. The summed E-state index contributed by atoms with van der Waals surface area (Å²) in [5.74, 6) is -2.91. The first kappa shape index (κ1) is 28.1. The Kier molecular flexibility index (Phi) is 10.9. The average molecular weight is 515 g/mol. The zero-order valence-corrected chi connectivity index (χ0v) is 20.8. The molecule has 0 unspecified atom stereocenters. The van der Waals surface area contributed by atoms with Gasteiger partial charge in [0.2, 0.25) is 0 Å². The van der Waals surface area contributed by atoms with Gasteiger partial charge < -0.3 is 15.3 Å². The Hall–Kier alpha value is -3.45. The van der Waals surface area contributed by atoms with E-state index in [1.807, 2.05) is 28.0 Å². The SMILES string of the molecule is O=C(O)CN1CCN(Cc2ccccn2)CCN(CC(=O)O)CCN(Cc2cccc(C(=O)O)n2)CC1. The van der Waals surface area contributed by atoms with Gasteiger partial charge in [-0.25, -0.2) is 9.78 Å². The van der Waals surface area contributed by atoms with Gasteiger partial charge >= 0.3 is 17.9 Å². The Balaban J connectivity index is 1.76. The predicted molar refractivity (Wildman–Crippen MR) is 134 cm³/mol. The molecule has 12 heteroatoms. The highest BCUT2D eigenvalue weighted by Crippen LogP contribution is 2.08. The van der Waals surface area contributed by atoms with E-state index in [9.17, 15) is 29.7 Å². The Bertz CT molecular complexity index is 1010. The fraction of sp³-hybridized carbons (Fsp3) is 0.480. The lowest BCUT2D eigenvalue weighted by atomic mass is 10.2. The van der Waals surface area contributed by atoms with Gasteiger partial charge in [0.15, 0.2) is 0 Å². The van der Waals surface area contributed by atoms with Crippen LogP contribution < -0.4 is 0 Å². The molecule has 0 bridgehead atoms. The first-order valence-electron chi connectivity index (χ1n) is 12.2. The normalized spacial score (nSPS) is 17.5. The van der Waals surface area contributed by atoms with Crippen molar-refractivity contribution in [3.8, 4) is 0 Å². The Labute approximate surface area is 215 Å². The summed E-state index contributed by atoms with van der Waals surface area (Å²) in [6.07, 6.45) is 1.73. The number of hydrogen-bond donors (Lipinski definition) is 3. The van der Waals surface area contributed by atoms with Gasteiger partial charge in [-0.2, -0.15) is 0 Å². The molecule has 1 aliphatic heterocycles. The third kappa shape index (κ3) is 10.2. The Morgan fingerprint density at radius 2 is 1.14 bits per heavy atom. The standard InChI is InChI=1S/C25H34N6O6/c32-23(33)18-30-12-8-28(16-20-4-1-2-7-26-20)9-13-31(19-24(34)35)15-11-29(10-14-30)17-21-5-3-6-22(27-21)25(36)37/h1-7H,8-19H2,(H,32,33)(H,34,35)(H,36,37). The van der Waals surface area contributed by atoms with Crippen LogP contribution in [0.5, 0.6) is 0 Å². The molecule has 0 amide bonds. The van der Waals surface area contributed by atoms with Crippen LogP contribution in [-0.4, -0.2) is 128 Å². The van der Waals surface area contributed by atoms with Gasteiger partial charge in [0.25, 0.3) is 0 Å². The monoisotopic (exact) mass is 514 g/mol. The zero-order valence-electron chi connectivity index (χ0n) is 20.8. The summed E-state index contributed by atoms with van der Waals surface area (Å²) >= 11 is 0. The molecular weight excluding hydrogens is 480 g/mol. The van der Waals surface area contributed by atoms with E-state index in [2.05, 4.69) is 19.8 Å². The molecule has 2 aromatic rings. The van der Waals surface area contributed by atoms with E-state index < -0.39 is 17.9 Å².